The second-order valence-electron chi connectivity index (χ2n) is 8.98. The lowest BCUT2D eigenvalue weighted by molar-refractivity contribution is -0.136. The van der Waals surface area contributed by atoms with Crippen molar-refractivity contribution < 1.29 is 19.1 Å². The standard InChI is InChI=1S/C23H30N4O4/c28-21-5-4-20(22(29)25-21)27-14-18-17(23(27)30)2-1-3-19(18)26-12-8-16(9-13-26)31-15-6-10-24-11-7-15/h1-3,15-16,20,24H,4-14H2,(H,25,28,29). The summed E-state index contributed by atoms with van der Waals surface area (Å²) < 4.78 is 6.34. The molecule has 4 aliphatic rings. The van der Waals surface area contributed by atoms with Gasteiger partial charge in [-0.3, -0.25) is 19.7 Å². The van der Waals surface area contributed by atoms with E-state index in [-0.39, 0.29) is 24.1 Å². The van der Waals surface area contributed by atoms with Gasteiger partial charge in [0.25, 0.3) is 5.91 Å². The number of carbonyl (C=O) groups excluding carboxylic acids is 3. The van der Waals surface area contributed by atoms with Crippen molar-refractivity contribution in [3.05, 3.63) is 29.3 Å². The van der Waals surface area contributed by atoms with Crippen LogP contribution in [-0.2, 0) is 20.9 Å². The summed E-state index contributed by atoms with van der Waals surface area (Å²) in [6.07, 6.45) is 5.48. The van der Waals surface area contributed by atoms with Gasteiger partial charge in [-0.15, -0.1) is 0 Å². The van der Waals surface area contributed by atoms with Gasteiger partial charge in [0.2, 0.25) is 11.8 Å². The van der Waals surface area contributed by atoms with E-state index in [1.165, 1.54) is 0 Å². The van der Waals surface area contributed by atoms with Gasteiger partial charge in [-0.2, -0.15) is 0 Å². The molecule has 0 bridgehead atoms. The first kappa shape index (κ1) is 20.5. The molecular formula is C23H30N4O4. The summed E-state index contributed by atoms with van der Waals surface area (Å²) in [4.78, 5) is 40.8. The molecule has 1 aromatic rings. The highest BCUT2D eigenvalue weighted by Gasteiger charge is 2.40. The fourth-order valence-electron chi connectivity index (χ4n) is 5.30. The molecule has 2 N–H and O–H groups in total. The fourth-order valence-corrected chi connectivity index (χ4v) is 5.30. The van der Waals surface area contributed by atoms with Gasteiger partial charge >= 0.3 is 0 Å². The molecule has 1 unspecified atom stereocenters. The van der Waals surface area contributed by atoms with E-state index in [2.05, 4.69) is 21.6 Å². The molecule has 3 saturated heterocycles. The lowest BCUT2D eigenvalue weighted by atomic mass is 10.0. The second kappa shape index (κ2) is 8.59. The van der Waals surface area contributed by atoms with Gasteiger partial charge in [-0.25, -0.2) is 0 Å². The van der Waals surface area contributed by atoms with E-state index < -0.39 is 6.04 Å². The molecule has 0 spiro atoms. The summed E-state index contributed by atoms with van der Waals surface area (Å²) >= 11 is 0. The van der Waals surface area contributed by atoms with Gasteiger partial charge in [0, 0.05) is 42.9 Å². The maximum absolute atomic E-state index is 13.0. The largest absolute Gasteiger partial charge is 0.375 e. The Bertz CT molecular complexity index is 874. The van der Waals surface area contributed by atoms with Crippen LogP contribution in [0.5, 0.6) is 0 Å². The molecule has 8 heteroatoms. The van der Waals surface area contributed by atoms with Crippen LogP contribution in [0.25, 0.3) is 0 Å². The molecule has 1 aromatic carbocycles. The highest BCUT2D eigenvalue weighted by molar-refractivity contribution is 6.06. The summed E-state index contributed by atoms with van der Waals surface area (Å²) in [5, 5.41) is 5.75. The molecule has 5 rings (SSSR count). The molecule has 4 aliphatic heterocycles. The number of anilines is 1. The molecule has 31 heavy (non-hydrogen) atoms. The number of carbonyl (C=O) groups is 3. The van der Waals surface area contributed by atoms with Crippen LogP contribution in [0.2, 0.25) is 0 Å². The number of fused-ring (bicyclic) bond motifs is 1. The molecule has 166 valence electrons. The summed E-state index contributed by atoms with van der Waals surface area (Å²) in [6.45, 7) is 4.30. The number of hydrogen-bond donors (Lipinski definition) is 2. The molecule has 3 amide bonds. The summed E-state index contributed by atoms with van der Waals surface area (Å²) in [7, 11) is 0. The summed E-state index contributed by atoms with van der Waals surface area (Å²) in [5.41, 5.74) is 2.76. The highest BCUT2D eigenvalue weighted by atomic mass is 16.5. The van der Waals surface area contributed by atoms with Gasteiger partial charge in [0.05, 0.1) is 12.2 Å². The van der Waals surface area contributed by atoms with Crippen LogP contribution in [0, 0.1) is 0 Å². The quantitative estimate of drug-likeness (QED) is 0.703. The van der Waals surface area contributed by atoms with E-state index in [0.717, 1.165) is 63.1 Å². The molecule has 0 radical (unpaired) electrons. The van der Waals surface area contributed by atoms with E-state index in [1.807, 2.05) is 12.1 Å². The first-order valence-electron chi connectivity index (χ1n) is 11.5. The Hall–Kier alpha value is -2.45. The van der Waals surface area contributed by atoms with Crippen LogP contribution in [0.15, 0.2) is 18.2 Å². The monoisotopic (exact) mass is 426 g/mol. The minimum atomic E-state index is -0.574. The fraction of sp³-hybridized carbons (Fsp3) is 0.609. The number of benzene rings is 1. The van der Waals surface area contributed by atoms with Crippen LogP contribution in [0.3, 0.4) is 0 Å². The van der Waals surface area contributed by atoms with Crippen molar-refractivity contribution in [2.75, 3.05) is 31.1 Å². The normalized spacial score (nSPS) is 25.7. The molecule has 1 atom stereocenters. The zero-order chi connectivity index (χ0) is 21.4. The zero-order valence-corrected chi connectivity index (χ0v) is 17.8. The minimum Gasteiger partial charge on any atom is -0.375 e. The molecule has 0 aromatic heterocycles. The Kier molecular flexibility index (Phi) is 5.67. The van der Waals surface area contributed by atoms with Crippen molar-refractivity contribution in [1.82, 2.24) is 15.5 Å². The van der Waals surface area contributed by atoms with Gasteiger partial charge in [0.1, 0.15) is 6.04 Å². The van der Waals surface area contributed by atoms with Crippen LogP contribution in [0.4, 0.5) is 5.69 Å². The van der Waals surface area contributed by atoms with Crippen molar-refractivity contribution in [2.24, 2.45) is 0 Å². The number of imide groups is 1. The Morgan fingerprint density at radius 2 is 1.68 bits per heavy atom. The first-order chi connectivity index (χ1) is 15.1. The van der Waals surface area contributed by atoms with Crippen LogP contribution in [0.1, 0.15) is 54.4 Å². The average Bonchev–Trinajstić information content (AvgIpc) is 3.12. The summed E-state index contributed by atoms with van der Waals surface area (Å²) in [6, 6.07) is 5.28. The predicted octanol–water partition coefficient (Wildman–Crippen LogP) is 1.19. The molecule has 3 fully saturated rings. The summed E-state index contributed by atoms with van der Waals surface area (Å²) in [5.74, 6) is -0.744. The topological polar surface area (TPSA) is 91.0 Å². The lowest BCUT2D eigenvalue weighted by Crippen LogP contribution is -2.52. The van der Waals surface area contributed by atoms with Crippen LogP contribution < -0.4 is 15.5 Å². The predicted molar refractivity (Wildman–Crippen MR) is 115 cm³/mol. The average molecular weight is 427 g/mol. The number of ether oxygens (including phenoxy) is 1. The van der Waals surface area contributed by atoms with Crippen molar-refractivity contribution in [3.63, 3.8) is 0 Å². The van der Waals surface area contributed by atoms with Crippen molar-refractivity contribution in [2.45, 2.75) is 63.3 Å². The zero-order valence-electron chi connectivity index (χ0n) is 17.8. The number of nitrogens with zero attached hydrogens (tertiary/aromatic N) is 2. The number of hydrogen-bond acceptors (Lipinski definition) is 6. The van der Waals surface area contributed by atoms with Crippen molar-refractivity contribution in [3.8, 4) is 0 Å². The Labute approximate surface area is 182 Å². The van der Waals surface area contributed by atoms with E-state index in [1.54, 1.807) is 4.90 Å². The van der Waals surface area contributed by atoms with Gasteiger partial charge in [0.15, 0.2) is 0 Å². The smallest absolute Gasteiger partial charge is 0.255 e. The van der Waals surface area contributed by atoms with Crippen LogP contribution >= 0.6 is 0 Å². The lowest BCUT2D eigenvalue weighted by Gasteiger charge is -2.37. The number of amides is 3. The van der Waals surface area contributed by atoms with Crippen molar-refractivity contribution in [1.29, 1.82) is 0 Å². The number of piperidine rings is 3. The molecular weight excluding hydrogens is 396 g/mol. The third-order valence-electron chi connectivity index (χ3n) is 7.01. The van der Waals surface area contributed by atoms with E-state index in [0.29, 0.717) is 30.7 Å². The third kappa shape index (κ3) is 4.06. The van der Waals surface area contributed by atoms with E-state index in [4.69, 9.17) is 4.74 Å². The van der Waals surface area contributed by atoms with Gasteiger partial charge in [-0.1, -0.05) is 6.07 Å². The molecule has 8 nitrogen and oxygen atoms in total. The third-order valence-corrected chi connectivity index (χ3v) is 7.01. The molecule has 0 aliphatic carbocycles. The maximum Gasteiger partial charge on any atom is 0.255 e. The van der Waals surface area contributed by atoms with Crippen LogP contribution in [-0.4, -0.2) is 67.1 Å². The second-order valence-corrected chi connectivity index (χ2v) is 8.98. The highest BCUT2D eigenvalue weighted by Crippen LogP contribution is 2.35. The molecule has 0 saturated carbocycles. The van der Waals surface area contributed by atoms with Crippen molar-refractivity contribution >= 4 is 23.4 Å². The Morgan fingerprint density at radius 3 is 2.42 bits per heavy atom. The van der Waals surface area contributed by atoms with Gasteiger partial charge in [-0.05, 0) is 57.3 Å². The minimum absolute atomic E-state index is 0.115. The van der Waals surface area contributed by atoms with E-state index >= 15 is 0 Å². The Balaban J connectivity index is 1.26. The van der Waals surface area contributed by atoms with Gasteiger partial charge < -0.3 is 19.9 Å². The number of nitrogens with one attached hydrogen (secondary N) is 2. The molecule has 4 heterocycles. The number of rotatable bonds is 4. The first-order valence-corrected chi connectivity index (χ1v) is 11.5. The Morgan fingerprint density at radius 1 is 0.935 bits per heavy atom. The van der Waals surface area contributed by atoms with E-state index in [9.17, 15) is 14.4 Å². The maximum atomic E-state index is 13.0. The SMILES string of the molecule is O=C1CCC(N2Cc3c(cccc3N3CCC(OC4CCNCC4)CC3)C2=O)C(=O)N1.